The van der Waals surface area contributed by atoms with Gasteiger partial charge in [-0.2, -0.15) is 0 Å². The summed E-state index contributed by atoms with van der Waals surface area (Å²) in [5.74, 6) is -0.000638. The fourth-order valence-corrected chi connectivity index (χ4v) is 8.89. The highest BCUT2D eigenvalue weighted by Gasteiger charge is 2.16. The summed E-state index contributed by atoms with van der Waals surface area (Å²) < 4.78 is 56.4. The van der Waals surface area contributed by atoms with Crippen molar-refractivity contribution in [2.24, 2.45) is 0 Å². The lowest BCUT2D eigenvalue weighted by Crippen LogP contribution is -2.19. The molecule has 1 rings (SSSR count). The number of allylic oxidation sites excluding steroid dienone is 1. The van der Waals surface area contributed by atoms with E-state index in [-0.39, 0.29) is 17.1 Å². The molecule has 0 aromatic heterocycles. The predicted molar refractivity (Wildman–Crippen MR) is 225 cm³/mol. The molecular formula is C42H77ClN2O4S2. The number of unbranched alkanes of at least 4 members (excludes halogenated alkanes) is 29. The third-order valence-electron chi connectivity index (χ3n) is 9.77. The van der Waals surface area contributed by atoms with Gasteiger partial charge in [-0.15, -0.1) is 0 Å². The summed E-state index contributed by atoms with van der Waals surface area (Å²) in [5, 5.41) is 1.49. The van der Waals surface area contributed by atoms with Crippen LogP contribution >= 0.6 is 11.6 Å². The lowest BCUT2D eigenvalue weighted by Gasteiger charge is -2.14. The Bertz CT molecular complexity index is 1210. The molecule has 0 heterocycles. The van der Waals surface area contributed by atoms with Crippen LogP contribution in [0, 0.1) is 0 Å². The molecule has 2 N–H and O–H groups in total. The molecule has 298 valence electrons. The van der Waals surface area contributed by atoms with Gasteiger partial charge in [0.25, 0.3) is 10.0 Å². The van der Waals surface area contributed by atoms with Crippen molar-refractivity contribution in [1.82, 2.24) is 0 Å². The Balaban J connectivity index is 2.22. The van der Waals surface area contributed by atoms with Gasteiger partial charge < -0.3 is 0 Å². The van der Waals surface area contributed by atoms with E-state index in [1.807, 2.05) is 0 Å². The summed E-state index contributed by atoms with van der Waals surface area (Å²) in [6.07, 6.45) is 40.1. The van der Waals surface area contributed by atoms with Gasteiger partial charge in [-0.3, -0.25) is 9.44 Å². The average Bonchev–Trinajstić information content (AvgIpc) is 3.09. The van der Waals surface area contributed by atoms with Gasteiger partial charge in [0.2, 0.25) is 10.0 Å². The first-order valence-corrected chi connectivity index (χ1v) is 24.8. The molecule has 0 fully saturated rings. The summed E-state index contributed by atoms with van der Waals surface area (Å²) in [5.41, 5.74) is 0.305. The smallest absolute Gasteiger partial charge is 0.254 e. The molecule has 0 amide bonds. The minimum atomic E-state index is -3.82. The number of benzene rings is 1. The maximum absolute atomic E-state index is 12.9. The molecule has 0 aliphatic heterocycles. The van der Waals surface area contributed by atoms with Crippen molar-refractivity contribution in [3.05, 3.63) is 34.7 Å². The maximum atomic E-state index is 12.9. The zero-order valence-electron chi connectivity index (χ0n) is 32.8. The van der Waals surface area contributed by atoms with E-state index in [2.05, 4.69) is 23.3 Å². The van der Waals surface area contributed by atoms with Crippen LogP contribution in [0.5, 0.6) is 0 Å². The van der Waals surface area contributed by atoms with Crippen LogP contribution < -0.4 is 9.44 Å². The Morgan fingerprint density at radius 1 is 0.490 bits per heavy atom. The highest BCUT2D eigenvalue weighted by Crippen LogP contribution is 2.28. The molecule has 9 heteroatoms. The van der Waals surface area contributed by atoms with Crippen molar-refractivity contribution in [3.8, 4) is 0 Å². The van der Waals surface area contributed by atoms with Gasteiger partial charge >= 0.3 is 0 Å². The van der Waals surface area contributed by atoms with Crippen LogP contribution in [0.4, 0.5) is 11.4 Å². The van der Waals surface area contributed by atoms with Gasteiger partial charge in [-0.05, 0) is 37.5 Å². The molecule has 6 nitrogen and oxygen atoms in total. The number of rotatable bonds is 37. The minimum absolute atomic E-state index is 0.000638. The second-order valence-corrected chi connectivity index (χ2v) is 18.7. The van der Waals surface area contributed by atoms with E-state index in [0.717, 1.165) is 32.1 Å². The molecule has 0 saturated carbocycles. The van der Waals surface area contributed by atoms with Crippen LogP contribution in [-0.2, 0) is 20.0 Å². The SMILES string of the molecule is CCCCCCCCCCCCCCCCC=CS(=O)(=O)Nc1cc(Cl)ccc1NS(=O)(=O)CCCCCCCCCCCCCCCCCC. The number of hydrogen-bond acceptors (Lipinski definition) is 4. The highest BCUT2D eigenvalue weighted by atomic mass is 35.5. The molecule has 0 aliphatic carbocycles. The number of sulfonamides is 2. The quantitative estimate of drug-likeness (QED) is 0.0659. The van der Waals surface area contributed by atoms with E-state index < -0.39 is 20.0 Å². The molecule has 0 unspecified atom stereocenters. The number of halogens is 1. The summed E-state index contributed by atoms with van der Waals surface area (Å²) in [7, 11) is -7.45. The van der Waals surface area contributed by atoms with Crippen LogP contribution in [0.15, 0.2) is 29.7 Å². The zero-order chi connectivity index (χ0) is 37.3. The second kappa shape index (κ2) is 32.2. The van der Waals surface area contributed by atoms with E-state index in [4.69, 9.17) is 11.6 Å². The Hall–Kier alpha value is -1.25. The summed E-state index contributed by atoms with van der Waals surface area (Å²) in [6, 6.07) is 4.49. The van der Waals surface area contributed by atoms with Gasteiger partial charge in [0.05, 0.1) is 17.1 Å². The standard InChI is InChI=1S/C42H77ClN2O4S2/c1-3-5-7-9-11-13-15-17-19-21-23-25-27-29-31-33-37-50(46,47)44-41-36-35-40(43)39-42(41)45-51(48,49)38-34-32-30-28-26-24-22-20-18-16-14-12-10-8-6-4-2/h34-36,38-39,44-45H,3-33,37H2,1-2H3. The average molecular weight is 774 g/mol. The monoisotopic (exact) mass is 773 g/mol. The van der Waals surface area contributed by atoms with E-state index in [0.29, 0.717) is 17.9 Å². The van der Waals surface area contributed by atoms with E-state index in [1.54, 1.807) is 12.1 Å². The maximum Gasteiger partial charge on any atom is 0.254 e. The third kappa shape index (κ3) is 29.8. The lowest BCUT2D eigenvalue weighted by molar-refractivity contribution is 0.531. The minimum Gasteiger partial charge on any atom is -0.281 e. The van der Waals surface area contributed by atoms with Crippen LogP contribution in [0.1, 0.15) is 213 Å². The topological polar surface area (TPSA) is 92.3 Å². The van der Waals surface area contributed by atoms with Crippen molar-refractivity contribution in [1.29, 1.82) is 0 Å². The van der Waals surface area contributed by atoms with Gasteiger partial charge in [-0.1, -0.05) is 211 Å². The van der Waals surface area contributed by atoms with Crippen LogP contribution in [0.25, 0.3) is 0 Å². The molecule has 51 heavy (non-hydrogen) atoms. The summed E-state index contributed by atoms with van der Waals surface area (Å²) in [6.45, 7) is 4.52. The Morgan fingerprint density at radius 2 is 0.863 bits per heavy atom. The first-order valence-electron chi connectivity index (χ1n) is 21.2. The molecule has 0 spiro atoms. The van der Waals surface area contributed by atoms with Crippen LogP contribution in [0.3, 0.4) is 0 Å². The molecule has 1 aromatic carbocycles. The second-order valence-electron chi connectivity index (χ2n) is 14.8. The van der Waals surface area contributed by atoms with Gasteiger partial charge in [-0.25, -0.2) is 16.8 Å². The Morgan fingerprint density at radius 3 is 1.27 bits per heavy atom. The third-order valence-corrected chi connectivity index (χ3v) is 12.4. The molecule has 0 atom stereocenters. The fourth-order valence-electron chi connectivity index (χ4n) is 6.59. The molecule has 0 bridgehead atoms. The Labute approximate surface area is 321 Å². The zero-order valence-corrected chi connectivity index (χ0v) is 35.2. The molecular weight excluding hydrogens is 696 g/mol. The lowest BCUT2D eigenvalue weighted by atomic mass is 10.0. The summed E-state index contributed by atoms with van der Waals surface area (Å²) in [4.78, 5) is 0. The van der Waals surface area contributed by atoms with Gasteiger partial charge in [0.15, 0.2) is 0 Å². The van der Waals surface area contributed by atoms with Gasteiger partial charge in [0.1, 0.15) is 0 Å². The van der Waals surface area contributed by atoms with Crippen LogP contribution in [-0.4, -0.2) is 22.6 Å². The van der Waals surface area contributed by atoms with E-state index in [9.17, 15) is 16.8 Å². The van der Waals surface area contributed by atoms with E-state index >= 15 is 0 Å². The number of anilines is 2. The molecule has 1 aromatic rings. The van der Waals surface area contributed by atoms with Crippen molar-refractivity contribution < 1.29 is 16.8 Å². The Kier molecular flexibility index (Phi) is 30.2. The first-order chi connectivity index (χ1) is 24.7. The highest BCUT2D eigenvalue weighted by molar-refractivity contribution is 7.95. The predicted octanol–water partition coefficient (Wildman–Crippen LogP) is 14.5. The van der Waals surface area contributed by atoms with E-state index in [1.165, 1.54) is 172 Å². The fraction of sp³-hybridized carbons (Fsp3) is 0.810. The number of hydrogen-bond donors (Lipinski definition) is 2. The van der Waals surface area contributed by atoms with Gasteiger partial charge in [0, 0.05) is 10.4 Å². The van der Waals surface area contributed by atoms with Crippen molar-refractivity contribution in [2.45, 2.75) is 213 Å². The molecule has 0 radical (unpaired) electrons. The number of nitrogens with one attached hydrogen (secondary N) is 2. The molecule has 0 saturated heterocycles. The summed E-state index contributed by atoms with van der Waals surface area (Å²) >= 11 is 6.15. The first kappa shape index (κ1) is 47.8. The van der Waals surface area contributed by atoms with Crippen molar-refractivity contribution in [2.75, 3.05) is 15.2 Å². The van der Waals surface area contributed by atoms with Crippen LogP contribution in [0.2, 0.25) is 5.02 Å². The largest absolute Gasteiger partial charge is 0.281 e. The van der Waals surface area contributed by atoms with Crippen molar-refractivity contribution in [3.63, 3.8) is 0 Å². The normalized spacial score (nSPS) is 12.2. The van der Waals surface area contributed by atoms with Crippen molar-refractivity contribution >= 4 is 43.0 Å². The molecule has 0 aliphatic rings.